The summed E-state index contributed by atoms with van der Waals surface area (Å²) in [6.07, 6.45) is 5.15. The van der Waals surface area contributed by atoms with Gasteiger partial charge >= 0.3 is 5.97 Å². The molecular weight excluding hydrogens is 254 g/mol. The summed E-state index contributed by atoms with van der Waals surface area (Å²) in [5, 5.41) is 3.21. The second-order valence-electron chi connectivity index (χ2n) is 4.27. The summed E-state index contributed by atoms with van der Waals surface area (Å²) in [7, 11) is 0. The fourth-order valence-corrected chi connectivity index (χ4v) is 1.81. The molecule has 0 aliphatic heterocycles. The van der Waals surface area contributed by atoms with Gasteiger partial charge in [0.15, 0.2) is 0 Å². The van der Waals surface area contributed by atoms with Crippen molar-refractivity contribution in [2.75, 3.05) is 11.9 Å². The quantitative estimate of drug-likeness (QED) is 0.847. The third-order valence-corrected chi connectivity index (χ3v) is 2.84. The molecule has 2 aromatic rings. The van der Waals surface area contributed by atoms with E-state index in [1.165, 1.54) is 0 Å². The minimum Gasteiger partial charge on any atom is -0.462 e. The Labute approximate surface area is 118 Å². The maximum atomic E-state index is 11.9. The van der Waals surface area contributed by atoms with E-state index in [0.717, 1.165) is 5.56 Å². The highest BCUT2D eigenvalue weighted by Gasteiger charge is 2.15. The number of esters is 1. The monoisotopic (exact) mass is 271 g/mol. The molecule has 104 valence electrons. The SMILES string of the molecule is CCOC(=O)c1cccnc1NC(C)c1cccnc1. The molecule has 1 atom stereocenters. The third kappa shape index (κ3) is 3.32. The zero-order valence-corrected chi connectivity index (χ0v) is 11.5. The molecule has 2 heterocycles. The summed E-state index contributed by atoms with van der Waals surface area (Å²) >= 11 is 0. The minimum atomic E-state index is -0.374. The Morgan fingerprint density at radius 3 is 2.85 bits per heavy atom. The average Bonchev–Trinajstić information content (AvgIpc) is 2.49. The van der Waals surface area contributed by atoms with Crippen molar-refractivity contribution >= 4 is 11.8 Å². The normalized spacial score (nSPS) is 11.7. The molecule has 1 N–H and O–H groups in total. The van der Waals surface area contributed by atoms with Gasteiger partial charge < -0.3 is 10.1 Å². The van der Waals surface area contributed by atoms with E-state index in [9.17, 15) is 4.79 Å². The van der Waals surface area contributed by atoms with Crippen LogP contribution in [0.1, 0.15) is 35.8 Å². The number of nitrogens with zero attached hydrogens (tertiary/aromatic N) is 2. The molecule has 2 aromatic heterocycles. The largest absolute Gasteiger partial charge is 0.462 e. The van der Waals surface area contributed by atoms with Gasteiger partial charge in [0.05, 0.1) is 12.6 Å². The predicted molar refractivity (Wildman–Crippen MR) is 76.5 cm³/mol. The first kappa shape index (κ1) is 14.0. The molecular formula is C15H17N3O2. The molecule has 0 aromatic carbocycles. The Morgan fingerprint density at radius 1 is 1.35 bits per heavy atom. The van der Waals surface area contributed by atoms with Gasteiger partial charge in [-0.2, -0.15) is 0 Å². The van der Waals surface area contributed by atoms with Crippen molar-refractivity contribution in [1.29, 1.82) is 0 Å². The average molecular weight is 271 g/mol. The lowest BCUT2D eigenvalue weighted by atomic mass is 10.1. The molecule has 0 aliphatic rings. The van der Waals surface area contributed by atoms with Gasteiger partial charge in [0.25, 0.3) is 0 Å². The number of nitrogens with one attached hydrogen (secondary N) is 1. The lowest BCUT2D eigenvalue weighted by Gasteiger charge is -2.16. The van der Waals surface area contributed by atoms with E-state index in [0.29, 0.717) is 18.0 Å². The predicted octanol–water partition coefficient (Wildman–Crippen LogP) is 2.83. The summed E-state index contributed by atoms with van der Waals surface area (Å²) in [5.74, 6) is 0.142. The van der Waals surface area contributed by atoms with Crippen LogP contribution in [0.3, 0.4) is 0 Å². The zero-order valence-electron chi connectivity index (χ0n) is 11.5. The maximum absolute atomic E-state index is 11.9. The number of rotatable bonds is 5. The number of ether oxygens (including phenoxy) is 1. The highest BCUT2D eigenvalue weighted by Crippen LogP contribution is 2.20. The second-order valence-corrected chi connectivity index (χ2v) is 4.27. The fourth-order valence-electron chi connectivity index (χ4n) is 1.81. The van der Waals surface area contributed by atoms with Gasteiger partial charge in [0.2, 0.25) is 0 Å². The van der Waals surface area contributed by atoms with Crippen molar-refractivity contribution in [1.82, 2.24) is 9.97 Å². The van der Waals surface area contributed by atoms with Crippen molar-refractivity contribution in [3.8, 4) is 0 Å². The summed E-state index contributed by atoms with van der Waals surface area (Å²) in [6.45, 7) is 4.10. The highest BCUT2D eigenvalue weighted by atomic mass is 16.5. The molecule has 0 fully saturated rings. The van der Waals surface area contributed by atoms with Crippen LogP contribution in [0.5, 0.6) is 0 Å². The number of carbonyl (C=O) groups is 1. The van der Waals surface area contributed by atoms with Crippen LogP contribution in [0.15, 0.2) is 42.9 Å². The van der Waals surface area contributed by atoms with Crippen LogP contribution in [-0.2, 0) is 4.74 Å². The molecule has 0 aliphatic carbocycles. The van der Waals surface area contributed by atoms with E-state index in [2.05, 4.69) is 15.3 Å². The smallest absolute Gasteiger partial charge is 0.341 e. The third-order valence-electron chi connectivity index (χ3n) is 2.84. The Morgan fingerprint density at radius 2 is 2.15 bits per heavy atom. The molecule has 0 amide bonds. The van der Waals surface area contributed by atoms with Crippen LogP contribution in [0.25, 0.3) is 0 Å². The first-order chi connectivity index (χ1) is 9.72. The van der Waals surface area contributed by atoms with Crippen LogP contribution in [0.2, 0.25) is 0 Å². The van der Waals surface area contributed by atoms with Crippen molar-refractivity contribution in [2.45, 2.75) is 19.9 Å². The maximum Gasteiger partial charge on any atom is 0.341 e. The van der Waals surface area contributed by atoms with Crippen LogP contribution in [0.4, 0.5) is 5.82 Å². The van der Waals surface area contributed by atoms with Gasteiger partial charge in [-0.25, -0.2) is 9.78 Å². The van der Waals surface area contributed by atoms with E-state index in [-0.39, 0.29) is 12.0 Å². The Hall–Kier alpha value is -2.43. The van der Waals surface area contributed by atoms with Crippen molar-refractivity contribution < 1.29 is 9.53 Å². The molecule has 0 spiro atoms. The summed E-state index contributed by atoms with van der Waals surface area (Å²) < 4.78 is 5.02. The van der Waals surface area contributed by atoms with E-state index < -0.39 is 0 Å². The van der Waals surface area contributed by atoms with Crippen LogP contribution in [-0.4, -0.2) is 22.5 Å². The first-order valence-electron chi connectivity index (χ1n) is 6.51. The van der Waals surface area contributed by atoms with E-state index in [1.807, 2.05) is 19.1 Å². The lowest BCUT2D eigenvalue weighted by Crippen LogP contribution is -2.14. The summed E-state index contributed by atoms with van der Waals surface area (Å²) in [4.78, 5) is 20.2. The Kier molecular flexibility index (Phi) is 4.65. The van der Waals surface area contributed by atoms with Crippen molar-refractivity contribution in [3.63, 3.8) is 0 Å². The van der Waals surface area contributed by atoms with Crippen LogP contribution >= 0.6 is 0 Å². The molecule has 1 unspecified atom stereocenters. The van der Waals surface area contributed by atoms with Gasteiger partial charge in [-0.3, -0.25) is 4.98 Å². The van der Waals surface area contributed by atoms with Crippen molar-refractivity contribution in [3.05, 3.63) is 54.0 Å². The molecule has 0 saturated heterocycles. The van der Waals surface area contributed by atoms with E-state index in [4.69, 9.17) is 4.74 Å². The van der Waals surface area contributed by atoms with Gasteiger partial charge in [0.1, 0.15) is 11.4 Å². The van der Waals surface area contributed by atoms with Crippen LogP contribution in [0, 0.1) is 0 Å². The van der Waals surface area contributed by atoms with Gasteiger partial charge in [0, 0.05) is 18.6 Å². The number of anilines is 1. The zero-order chi connectivity index (χ0) is 14.4. The molecule has 0 bridgehead atoms. The number of aromatic nitrogens is 2. The molecule has 0 radical (unpaired) electrons. The van der Waals surface area contributed by atoms with Gasteiger partial charge in [-0.1, -0.05) is 6.07 Å². The fraction of sp³-hybridized carbons (Fsp3) is 0.267. The number of pyridine rings is 2. The lowest BCUT2D eigenvalue weighted by molar-refractivity contribution is 0.0527. The molecule has 20 heavy (non-hydrogen) atoms. The van der Waals surface area contributed by atoms with E-state index >= 15 is 0 Å². The number of carbonyl (C=O) groups excluding carboxylic acids is 1. The number of hydrogen-bond acceptors (Lipinski definition) is 5. The molecule has 0 saturated carbocycles. The minimum absolute atomic E-state index is 0.00761. The standard InChI is InChI=1S/C15H17N3O2/c1-3-20-15(19)13-7-5-9-17-14(13)18-11(2)12-6-4-8-16-10-12/h4-11H,3H2,1-2H3,(H,17,18). The second kappa shape index (κ2) is 6.65. The number of hydrogen-bond donors (Lipinski definition) is 1. The summed E-state index contributed by atoms with van der Waals surface area (Å²) in [5.41, 5.74) is 1.46. The topological polar surface area (TPSA) is 64.1 Å². The Bertz CT molecular complexity index is 572. The van der Waals surface area contributed by atoms with Crippen molar-refractivity contribution in [2.24, 2.45) is 0 Å². The van der Waals surface area contributed by atoms with Gasteiger partial charge in [-0.05, 0) is 37.6 Å². The molecule has 5 nitrogen and oxygen atoms in total. The Balaban J connectivity index is 2.19. The van der Waals surface area contributed by atoms with E-state index in [1.54, 1.807) is 37.6 Å². The molecule has 2 rings (SSSR count). The molecule has 5 heteroatoms. The van der Waals surface area contributed by atoms with Gasteiger partial charge in [-0.15, -0.1) is 0 Å². The van der Waals surface area contributed by atoms with Crippen LogP contribution < -0.4 is 5.32 Å². The highest BCUT2D eigenvalue weighted by molar-refractivity contribution is 5.94. The first-order valence-corrected chi connectivity index (χ1v) is 6.51. The summed E-state index contributed by atoms with van der Waals surface area (Å²) in [6, 6.07) is 7.25.